The fourth-order valence-corrected chi connectivity index (χ4v) is 4.93. The number of hydrogen-bond acceptors (Lipinski definition) is 7. The first-order valence-electron chi connectivity index (χ1n) is 10.6. The van der Waals surface area contributed by atoms with Crippen LogP contribution in [0.3, 0.4) is 0 Å². The van der Waals surface area contributed by atoms with Crippen LogP contribution in [-0.2, 0) is 0 Å². The number of fused-ring (bicyclic) bond motifs is 2. The Balaban J connectivity index is 1.55. The first-order chi connectivity index (χ1) is 16.0. The number of halogens is 2. The molecule has 166 valence electrons. The van der Waals surface area contributed by atoms with Crippen LogP contribution in [0.2, 0.25) is 0 Å². The summed E-state index contributed by atoms with van der Waals surface area (Å²) in [4.78, 5) is 22.3. The lowest BCUT2D eigenvalue weighted by Gasteiger charge is -2.31. The maximum absolute atomic E-state index is 13.8. The van der Waals surface area contributed by atoms with Gasteiger partial charge in [0.2, 0.25) is 0 Å². The van der Waals surface area contributed by atoms with E-state index in [4.69, 9.17) is 0 Å². The second-order valence-electron chi connectivity index (χ2n) is 8.03. The van der Waals surface area contributed by atoms with Crippen molar-refractivity contribution in [1.82, 2.24) is 15.3 Å². The number of pyridine rings is 1. The Hall–Kier alpha value is -3.48. The summed E-state index contributed by atoms with van der Waals surface area (Å²) < 4.78 is 28.4. The second kappa shape index (κ2) is 8.81. The summed E-state index contributed by atoms with van der Waals surface area (Å²) in [5.41, 5.74) is 3.44. The lowest BCUT2D eigenvalue weighted by molar-refractivity contribution is 0.0946. The highest BCUT2D eigenvalue weighted by atomic mass is 32.1. The molecule has 0 amide bonds. The first kappa shape index (κ1) is 21.4. The summed E-state index contributed by atoms with van der Waals surface area (Å²) in [7, 11) is 0. The maximum Gasteiger partial charge on any atom is 0.186 e. The predicted molar refractivity (Wildman–Crippen MR) is 123 cm³/mol. The van der Waals surface area contributed by atoms with Crippen LogP contribution in [0.1, 0.15) is 35.2 Å². The minimum absolute atomic E-state index is 0.138. The van der Waals surface area contributed by atoms with Gasteiger partial charge in [-0.3, -0.25) is 4.79 Å². The Bertz CT molecular complexity index is 1410. The standard InChI is InChI=1S/C24H19F2N5OS/c25-16-8-14-7-15(11-27)24(30-20(14)10-17(16)26)31-22(19-3-1-2-6-28-19)23(32)13-4-5-18-21(9-13)33-12-29-18/h4-5,7-10,12,19,22,28H,1-3,6H2,(H,30,31)/t19?,22-/m0/s1. The monoisotopic (exact) mass is 463 g/mol. The molecule has 0 saturated carbocycles. The fourth-order valence-electron chi connectivity index (χ4n) is 4.21. The van der Waals surface area contributed by atoms with Gasteiger partial charge < -0.3 is 10.6 Å². The number of ketones is 1. The third kappa shape index (κ3) is 4.15. The zero-order valence-electron chi connectivity index (χ0n) is 17.4. The molecular weight excluding hydrogens is 444 g/mol. The lowest BCUT2D eigenvalue weighted by Crippen LogP contribution is -2.51. The summed E-state index contributed by atoms with van der Waals surface area (Å²) in [6.45, 7) is 0.782. The molecule has 1 aliphatic rings. The third-order valence-corrected chi connectivity index (χ3v) is 6.71. The van der Waals surface area contributed by atoms with Gasteiger partial charge in [0.05, 0.1) is 26.8 Å². The van der Waals surface area contributed by atoms with E-state index in [9.17, 15) is 18.8 Å². The predicted octanol–water partition coefficient (Wildman–Crippen LogP) is 4.80. The van der Waals surface area contributed by atoms with Crippen molar-refractivity contribution in [3.63, 3.8) is 0 Å². The molecule has 0 bridgehead atoms. The fraction of sp³-hybridized carbons (Fsp3) is 0.250. The van der Waals surface area contributed by atoms with Crippen molar-refractivity contribution in [3.05, 3.63) is 64.7 Å². The molecule has 2 aromatic carbocycles. The van der Waals surface area contributed by atoms with Crippen LogP contribution in [0.15, 0.2) is 41.9 Å². The number of aromatic nitrogens is 2. The van der Waals surface area contributed by atoms with Gasteiger partial charge in [-0.25, -0.2) is 18.7 Å². The van der Waals surface area contributed by atoms with Crippen LogP contribution >= 0.6 is 11.3 Å². The molecule has 6 nitrogen and oxygen atoms in total. The van der Waals surface area contributed by atoms with Crippen molar-refractivity contribution in [1.29, 1.82) is 5.26 Å². The number of hydrogen-bond donors (Lipinski definition) is 2. The van der Waals surface area contributed by atoms with Crippen LogP contribution < -0.4 is 10.6 Å². The van der Waals surface area contributed by atoms with E-state index >= 15 is 0 Å². The topological polar surface area (TPSA) is 90.7 Å². The van der Waals surface area contributed by atoms with Gasteiger partial charge >= 0.3 is 0 Å². The molecule has 33 heavy (non-hydrogen) atoms. The van der Waals surface area contributed by atoms with Crippen molar-refractivity contribution in [2.75, 3.05) is 11.9 Å². The van der Waals surface area contributed by atoms with E-state index in [1.54, 1.807) is 11.6 Å². The molecule has 9 heteroatoms. The zero-order valence-corrected chi connectivity index (χ0v) is 18.3. The van der Waals surface area contributed by atoms with E-state index in [0.29, 0.717) is 10.9 Å². The van der Waals surface area contributed by atoms with Gasteiger partial charge in [-0.1, -0.05) is 6.42 Å². The summed E-state index contributed by atoms with van der Waals surface area (Å²) >= 11 is 1.46. The van der Waals surface area contributed by atoms with E-state index in [1.807, 2.05) is 18.2 Å². The highest BCUT2D eigenvalue weighted by Crippen LogP contribution is 2.26. The number of carbonyl (C=O) groups excluding carboxylic acids is 1. The molecule has 0 aliphatic carbocycles. The molecule has 1 unspecified atom stereocenters. The number of rotatable bonds is 5. The molecule has 3 heterocycles. The molecular formula is C24H19F2N5OS. The quantitative estimate of drug-likeness (QED) is 0.413. The number of piperidine rings is 1. The minimum Gasteiger partial charge on any atom is -0.357 e. The van der Waals surface area contributed by atoms with Gasteiger partial charge in [0.15, 0.2) is 17.4 Å². The summed E-state index contributed by atoms with van der Waals surface area (Å²) in [6.07, 6.45) is 2.77. The van der Waals surface area contributed by atoms with Crippen LogP contribution in [-0.4, -0.2) is 34.4 Å². The minimum atomic E-state index is -1.02. The molecule has 2 atom stereocenters. The highest BCUT2D eigenvalue weighted by Gasteiger charge is 2.31. The Morgan fingerprint density at radius 1 is 1.18 bits per heavy atom. The molecule has 2 N–H and O–H groups in total. The van der Waals surface area contributed by atoms with Crippen LogP contribution in [0.5, 0.6) is 0 Å². The smallest absolute Gasteiger partial charge is 0.186 e. The van der Waals surface area contributed by atoms with Crippen LogP contribution in [0, 0.1) is 23.0 Å². The number of nitriles is 1. The number of Topliss-reactive ketones (excluding diaryl/α,β-unsaturated/α-hetero) is 1. The molecule has 1 fully saturated rings. The van der Waals surface area contributed by atoms with Crippen LogP contribution in [0.4, 0.5) is 14.6 Å². The van der Waals surface area contributed by atoms with E-state index in [-0.39, 0.29) is 28.7 Å². The van der Waals surface area contributed by atoms with Crippen molar-refractivity contribution in [2.24, 2.45) is 0 Å². The third-order valence-electron chi connectivity index (χ3n) is 5.92. The normalized spacial score (nSPS) is 17.1. The Labute approximate surface area is 192 Å². The first-order valence-corrected chi connectivity index (χ1v) is 11.5. The number of benzene rings is 2. The van der Waals surface area contributed by atoms with Gasteiger partial charge in [0.1, 0.15) is 17.9 Å². The van der Waals surface area contributed by atoms with Crippen molar-refractivity contribution in [3.8, 4) is 6.07 Å². The molecule has 0 radical (unpaired) electrons. The number of anilines is 1. The second-order valence-corrected chi connectivity index (χ2v) is 8.92. The van der Waals surface area contributed by atoms with Gasteiger partial charge in [-0.15, -0.1) is 11.3 Å². The zero-order chi connectivity index (χ0) is 22.9. The van der Waals surface area contributed by atoms with Gasteiger partial charge in [-0.05, 0) is 49.7 Å². The number of nitrogens with zero attached hydrogens (tertiary/aromatic N) is 3. The van der Waals surface area contributed by atoms with Crippen molar-refractivity contribution < 1.29 is 13.6 Å². The summed E-state index contributed by atoms with van der Waals surface area (Å²) in [5, 5.41) is 16.5. The number of carbonyl (C=O) groups is 1. The summed E-state index contributed by atoms with van der Waals surface area (Å²) in [5.74, 6) is -2.00. The van der Waals surface area contributed by atoms with E-state index in [2.05, 4.69) is 20.6 Å². The molecule has 4 aromatic rings. The average molecular weight is 464 g/mol. The van der Waals surface area contributed by atoms with Crippen molar-refractivity contribution >= 4 is 44.1 Å². The molecule has 2 aromatic heterocycles. The molecule has 5 rings (SSSR count). The van der Waals surface area contributed by atoms with Crippen molar-refractivity contribution in [2.45, 2.75) is 31.3 Å². The molecule has 0 spiro atoms. The number of thiazole rings is 1. The largest absolute Gasteiger partial charge is 0.357 e. The van der Waals surface area contributed by atoms with Gasteiger partial charge in [0, 0.05) is 23.1 Å². The maximum atomic E-state index is 13.8. The van der Waals surface area contributed by atoms with Gasteiger partial charge in [-0.2, -0.15) is 5.26 Å². The Kier molecular flexibility index (Phi) is 5.70. The number of nitrogens with one attached hydrogen (secondary N) is 2. The van der Waals surface area contributed by atoms with E-state index in [0.717, 1.165) is 48.2 Å². The lowest BCUT2D eigenvalue weighted by atomic mass is 9.91. The van der Waals surface area contributed by atoms with E-state index < -0.39 is 17.7 Å². The Morgan fingerprint density at radius 3 is 2.82 bits per heavy atom. The van der Waals surface area contributed by atoms with E-state index in [1.165, 1.54) is 17.4 Å². The highest BCUT2D eigenvalue weighted by molar-refractivity contribution is 7.16. The molecule has 1 aliphatic heterocycles. The average Bonchev–Trinajstić information content (AvgIpc) is 3.31. The summed E-state index contributed by atoms with van der Waals surface area (Å²) in [6, 6.07) is 10.0. The van der Waals surface area contributed by atoms with Gasteiger partial charge in [0.25, 0.3) is 0 Å². The Morgan fingerprint density at radius 2 is 2.03 bits per heavy atom. The van der Waals surface area contributed by atoms with Crippen LogP contribution in [0.25, 0.3) is 21.1 Å². The molecule has 1 saturated heterocycles. The SMILES string of the molecule is N#Cc1cc2cc(F)c(F)cc2nc1N[C@H](C(=O)c1ccc2ncsc2c1)C1CCCCN1.